The van der Waals surface area contributed by atoms with Crippen molar-refractivity contribution >= 4 is 11.7 Å². The molecule has 3 aromatic rings. The molecule has 7 heteroatoms. The highest BCUT2D eigenvalue weighted by atomic mass is 16.3. The van der Waals surface area contributed by atoms with Gasteiger partial charge in [0.1, 0.15) is 5.82 Å². The molecule has 0 aliphatic heterocycles. The first kappa shape index (κ1) is 13.7. The number of anilines is 1. The van der Waals surface area contributed by atoms with Gasteiger partial charge >= 0.3 is 0 Å². The van der Waals surface area contributed by atoms with Gasteiger partial charge in [-0.15, -0.1) is 0 Å². The van der Waals surface area contributed by atoms with E-state index in [0.717, 1.165) is 5.69 Å². The molecule has 0 fully saturated rings. The lowest BCUT2D eigenvalue weighted by molar-refractivity contribution is 0.0950. The van der Waals surface area contributed by atoms with Crippen LogP contribution in [0.25, 0.3) is 11.6 Å². The lowest BCUT2D eigenvalue weighted by atomic mass is 10.2. The zero-order valence-electron chi connectivity index (χ0n) is 11.6. The summed E-state index contributed by atoms with van der Waals surface area (Å²) in [5, 5.41) is 2.73. The number of nitrogens with two attached hydrogens (primary N) is 1. The summed E-state index contributed by atoms with van der Waals surface area (Å²) in [6, 6.07) is 8.92. The average Bonchev–Trinajstić information content (AvgIpc) is 3.08. The predicted octanol–water partition coefficient (Wildman–Crippen LogP) is 1.64. The molecule has 0 saturated heterocycles. The molecular formula is C15H13N5O2. The van der Waals surface area contributed by atoms with E-state index in [2.05, 4.69) is 20.3 Å². The van der Waals surface area contributed by atoms with Crippen molar-refractivity contribution in [2.45, 2.75) is 6.54 Å². The standard InChI is InChI=1S/C15H13N5O2/c16-13-11(9-18-14(20-13)12-5-3-7-22-12)15(21)19-8-10-4-1-2-6-17-10/h1-7,9H,8H2,(H,19,21)(H2,16,18,20). The number of carbonyl (C=O) groups is 1. The lowest BCUT2D eigenvalue weighted by Gasteiger charge is -2.07. The first-order valence-corrected chi connectivity index (χ1v) is 6.58. The zero-order chi connectivity index (χ0) is 15.4. The van der Waals surface area contributed by atoms with Crippen LogP contribution in [0.15, 0.2) is 53.4 Å². The molecule has 110 valence electrons. The van der Waals surface area contributed by atoms with E-state index in [9.17, 15) is 4.79 Å². The molecule has 3 aromatic heterocycles. The fourth-order valence-electron chi connectivity index (χ4n) is 1.86. The minimum absolute atomic E-state index is 0.0971. The van der Waals surface area contributed by atoms with Gasteiger partial charge in [0.2, 0.25) is 0 Å². The average molecular weight is 295 g/mol. The second kappa shape index (κ2) is 6.04. The van der Waals surface area contributed by atoms with Crippen molar-refractivity contribution in [2.24, 2.45) is 0 Å². The molecule has 0 aliphatic rings. The van der Waals surface area contributed by atoms with Crippen molar-refractivity contribution in [1.82, 2.24) is 20.3 Å². The van der Waals surface area contributed by atoms with E-state index in [1.165, 1.54) is 12.5 Å². The Hall–Kier alpha value is -3.22. The smallest absolute Gasteiger partial charge is 0.256 e. The maximum atomic E-state index is 12.1. The Morgan fingerprint density at radius 2 is 2.14 bits per heavy atom. The molecule has 0 spiro atoms. The normalized spacial score (nSPS) is 10.4. The highest BCUT2D eigenvalue weighted by Gasteiger charge is 2.14. The van der Waals surface area contributed by atoms with Gasteiger partial charge in [-0.1, -0.05) is 6.07 Å². The summed E-state index contributed by atoms with van der Waals surface area (Å²) in [5.41, 5.74) is 6.79. The third kappa shape index (κ3) is 2.93. The third-order valence-corrected chi connectivity index (χ3v) is 2.96. The largest absolute Gasteiger partial charge is 0.461 e. The molecule has 3 N–H and O–H groups in total. The van der Waals surface area contributed by atoms with Gasteiger partial charge in [-0.25, -0.2) is 9.97 Å². The fourth-order valence-corrected chi connectivity index (χ4v) is 1.86. The molecule has 0 bridgehead atoms. The first-order chi connectivity index (χ1) is 10.7. The lowest BCUT2D eigenvalue weighted by Crippen LogP contribution is -2.25. The third-order valence-electron chi connectivity index (χ3n) is 2.96. The Kier molecular flexibility index (Phi) is 3.78. The Balaban J connectivity index is 1.73. The van der Waals surface area contributed by atoms with E-state index < -0.39 is 0 Å². The molecule has 22 heavy (non-hydrogen) atoms. The Labute approximate surface area is 126 Å². The number of amides is 1. The Bertz CT molecular complexity index is 772. The molecular weight excluding hydrogens is 282 g/mol. The van der Waals surface area contributed by atoms with Crippen molar-refractivity contribution < 1.29 is 9.21 Å². The number of nitrogens with one attached hydrogen (secondary N) is 1. The van der Waals surface area contributed by atoms with E-state index in [-0.39, 0.29) is 17.3 Å². The number of carbonyl (C=O) groups excluding carboxylic acids is 1. The molecule has 3 rings (SSSR count). The summed E-state index contributed by atoms with van der Waals surface area (Å²) in [7, 11) is 0. The van der Waals surface area contributed by atoms with E-state index in [1.807, 2.05) is 18.2 Å². The van der Waals surface area contributed by atoms with Gasteiger partial charge in [0.15, 0.2) is 11.6 Å². The summed E-state index contributed by atoms with van der Waals surface area (Å²) < 4.78 is 5.19. The van der Waals surface area contributed by atoms with Crippen LogP contribution in [0, 0.1) is 0 Å². The quantitative estimate of drug-likeness (QED) is 0.757. The van der Waals surface area contributed by atoms with Crippen molar-refractivity contribution in [2.75, 3.05) is 5.73 Å². The van der Waals surface area contributed by atoms with E-state index in [4.69, 9.17) is 10.2 Å². The van der Waals surface area contributed by atoms with Crippen molar-refractivity contribution in [3.05, 3.63) is 60.2 Å². The zero-order valence-corrected chi connectivity index (χ0v) is 11.6. The number of pyridine rings is 1. The molecule has 0 atom stereocenters. The molecule has 0 aliphatic carbocycles. The van der Waals surface area contributed by atoms with Crippen LogP contribution in [0.5, 0.6) is 0 Å². The number of hydrogen-bond donors (Lipinski definition) is 2. The maximum Gasteiger partial charge on any atom is 0.256 e. The minimum atomic E-state index is -0.353. The first-order valence-electron chi connectivity index (χ1n) is 6.58. The van der Waals surface area contributed by atoms with Gasteiger partial charge in [0.05, 0.1) is 24.1 Å². The highest BCUT2D eigenvalue weighted by Crippen LogP contribution is 2.17. The summed E-state index contributed by atoms with van der Waals surface area (Å²) >= 11 is 0. The van der Waals surface area contributed by atoms with Gasteiger partial charge in [-0.2, -0.15) is 0 Å². The Morgan fingerprint density at radius 3 is 2.82 bits per heavy atom. The van der Waals surface area contributed by atoms with E-state index in [0.29, 0.717) is 18.1 Å². The monoisotopic (exact) mass is 295 g/mol. The summed E-state index contributed by atoms with van der Waals surface area (Å²) in [6.45, 7) is 0.305. The van der Waals surface area contributed by atoms with E-state index >= 15 is 0 Å². The second-order valence-corrected chi connectivity index (χ2v) is 4.47. The van der Waals surface area contributed by atoms with Crippen LogP contribution >= 0.6 is 0 Å². The highest BCUT2D eigenvalue weighted by molar-refractivity contribution is 5.98. The fraction of sp³-hybridized carbons (Fsp3) is 0.0667. The van der Waals surface area contributed by atoms with Crippen LogP contribution in [0.3, 0.4) is 0 Å². The van der Waals surface area contributed by atoms with Gasteiger partial charge in [-0.05, 0) is 24.3 Å². The van der Waals surface area contributed by atoms with Gasteiger partial charge in [0.25, 0.3) is 5.91 Å². The Morgan fingerprint density at radius 1 is 1.23 bits per heavy atom. The number of nitrogens with zero attached hydrogens (tertiary/aromatic N) is 3. The molecule has 0 radical (unpaired) electrons. The summed E-state index contributed by atoms with van der Waals surface area (Å²) in [6.07, 6.45) is 4.56. The minimum Gasteiger partial charge on any atom is -0.461 e. The van der Waals surface area contributed by atoms with Crippen molar-refractivity contribution in [1.29, 1.82) is 0 Å². The number of aromatic nitrogens is 3. The summed E-state index contributed by atoms with van der Waals surface area (Å²) in [5.74, 6) is 0.574. The van der Waals surface area contributed by atoms with Gasteiger partial charge in [0, 0.05) is 12.4 Å². The van der Waals surface area contributed by atoms with Crippen LogP contribution in [0.2, 0.25) is 0 Å². The number of hydrogen-bond acceptors (Lipinski definition) is 6. The summed E-state index contributed by atoms with van der Waals surface area (Å²) in [4.78, 5) is 24.4. The molecule has 7 nitrogen and oxygen atoms in total. The predicted molar refractivity (Wildman–Crippen MR) is 79.6 cm³/mol. The molecule has 0 saturated carbocycles. The van der Waals surface area contributed by atoms with Crippen LogP contribution in [0.1, 0.15) is 16.1 Å². The SMILES string of the molecule is Nc1nc(-c2ccco2)ncc1C(=O)NCc1ccccn1. The maximum absolute atomic E-state index is 12.1. The van der Waals surface area contributed by atoms with Crippen molar-refractivity contribution in [3.8, 4) is 11.6 Å². The van der Waals surface area contributed by atoms with Gasteiger partial charge < -0.3 is 15.5 Å². The van der Waals surface area contributed by atoms with Crippen LogP contribution in [0.4, 0.5) is 5.82 Å². The number of rotatable bonds is 4. The molecule has 0 aromatic carbocycles. The van der Waals surface area contributed by atoms with Crippen LogP contribution in [-0.2, 0) is 6.54 Å². The van der Waals surface area contributed by atoms with Crippen molar-refractivity contribution in [3.63, 3.8) is 0 Å². The number of nitrogen functional groups attached to an aromatic ring is 1. The van der Waals surface area contributed by atoms with Crippen LogP contribution < -0.4 is 11.1 Å². The van der Waals surface area contributed by atoms with Crippen LogP contribution in [-0.4, -0.2) is 20.9 Å². The second-order valence-electron chi connectivity index (χ2n) is 4.47. The van der Waals surface area contributed by atoms with Gasteiger partial charge in [-0.3, -0.25) is 9.78 Å². The topological polar surface area (TPSA) is 107 Å². The molecule has 1 amide bonds. The molecule has 0 unspecified atom stereocenters. The number of furan rings is 1. The van der Waals surface area contributed by atoms with E-state index in [1.54, 1.807) is 18.3 Å². The molecule has 3 heterocycles.